The van der Waals surface area contributed by atoms with Gasteiger partial charge in [0.2, 0.25) is 15.9 Å². The summed E-state index contributed by atoms with van der Waals surface area (Å²) >= 11 is 29.3. The van der Waals surface area contributed by atoms with E-state index in [4.69, 9.17) is 68.0 Å². The van der Waals surface area contributed by atoms with Crippen molar-refractivity contribution in [1.29, 1.82) is 0 Å². The van der Waals surface area contributed by atoms with Gasteiger partial charge in [-0.25, -0.2) is 44.3 Å². The van der Waals surface area contributed by atoms with Crippen LogP contribution >= 0.6 is 70.4 Å². The normalized spacial score (nSPS) is 14.9. The van der Waals surface area contributed by atoms with Gasteiger partial charge in [0, 0.05) is 127 Å². The van der Waals surface area contributed by atoms with Gasteiger partial charge in [0.25, 0.3) is 0 Å². The highest BCUT2D eigenvalue weighted by Crippen LogP contribution is 2.30. The Morgan fingerprint density at radius 2 is 1.02 bits per heavy atom. The third-order valence-electron chi connectivity index (χ3n) is 14.2. The first kappa shape index (κ1) is 58.7. The van der Waals surface area contributed by atoms with Crippen LogP contribution in [0.2, 0.25) is 26.2 Å². The highest BCUT2D eigenvalue weighted by molar-refractivity contribution is 6.33. The van der Waals surface area contributed by atoms with Crippen LogP contribution in [0.1, 0.15) is 56.2 Å². The van der Waals surface area contributed by atoms with E-state index in [0.29, 0.717) is 27.0 Å². The fraction of sp³-hybridized carbons (Fsp3) is 0.339. The third kappa shape index (κ3) is 14.6. The number of likely N-dealkylation sites (N-methyl/N-ethyl adjacent to an activating group) is 3. The van der Waals surface area contributed by atoms with Crippen molar-refractivity contribution < 1.29 is 4.39 Å². The van der Waals surface area contributed by atoms with Crippen LogP contribution in [0.5, 0.6) is 0 Å². The van der Waals surface area contributed by atoms with Crippen molar-refractivity contribution in [3.8, 4) is 11.4 Å². The zero-order chi connectivity index (χ0) is 55.0. The SMILES string of the molecule is CN1CCc2c(Cl)nc(Cl)nc2C1.CN1CCc2c(nc(-c3cncc(F)c3)nc2NCCc2c[nH]c3ccccc23)C1.CN1CCc2c(nc(Cl)nc2NCCc2c[nH]c3ccccc23)C1.Cl.Clc1nc(Cl)c2c(n1)CNCC2. The maximum absolute atomic E-state index is 13.7. The molecule has 2 aromatic carbocycles. The molecule has 4 aliphatic heterocycles. The molecule has 0 atom stereocenters. The minimum atomic E-state index is -0.389. The van der Waals surface area contributed by atoms with Gasteiger partial charge in [-0.2, -0.15) is 0 Å². The van der Waals surface area contributed by atoms with E-state index in [1.54, 1.807) is 6.20 Å². The highest BCUT2D eigenvalue weighted by Gasteiger charge is 2.24. The summed E-state index contributed by atoms with van der Waals surface area (Å²) < 4.78 is 13.7. The van der Waals surface area contributed by atoms with Gasteiger partial charge in [-0.1, -0.05) is 59.6 Å². The van der Waals surface area contributed by atoms with Crippen LogP contribution in [0.4, 0.5) is 16.0 Å². The van der Waals surface area contributed by atoms with Gasteiger partial charge >= 0.3 is 0 Å². The quantitative estimate of drug-likeness (QED) is 0.0676. The number of rotatable bonds is 9. The number of fused-ring (bicyclic) bond motifs is 6. The van der Waals surface area contributed by atoms with E-state index in [0.717, 1.165) is 161 Å². The zero-order valence-corrected chi connectivity index (χ0v) is 49.0. The second-order valence-electron chi connectivity index (χ2n) is 19.9. The minimum Gasteiger partial charge on any atom is -0.369 e. The molecule has 0 aliphatic carbocycles. The van der Waals surface area contributed by atoms with Gasteiger partial charge in [0.1, 0.15) is 27.8 Å². The molecule has 7 aromatic heterocycles. The van der Waals surface area contributed by atoms with Crippen molar-refractivity contribution in [1.82, 2.24) is 74.8 Å². The smallest absolute Gasteiger partial charge is 0.224 e. The van der Waals surface area contributed by atoms with E-state index >= 15 is 0 Å². The van der Waals surface area contributed by atoms with Crippen molar-refractivity contribution in [2.24, 2.45) is 0 Å². The van der Waals surface area contributed by atoms with E-state index in [9.17, 15) is 4.39 Å². The Labute approximate surface area is 494 Å². The first-order valence-electron chi connectivity index (χ1n) is 26.1. The molecular weight excluding hydrogens is 1140 g/mol. The number of nitrogens with zero attached hydrogens (tertiary/aromatic N) is 12. The molecular formula is C56H60Cl6FN17. The average molecular weight is 1200 g/mol. The van der Waals surface area contributed by atoms with Crippen molar-refractivity contribution in [2.75, 3.05) is 71.0 Å². The monoisotopic (exact) mass is 1200 g/mol. The topological polar surface area (TPSA) is 193 Å². The number of hydrogen-bond donors (Lipinski definition) is 5. The van der Waals surface area contributed by atoms with Gasteiger partial charge in [0.15, 0.2) is 5.82 Å². The van der Waals surface area contributed by atoms with Gasteiger partial charge < -0.3 is 40.6 Å². The molecule has 80 heavy (non-hydrogen) atoms. The molecule has 0 amide bonds. The van der Waals surface area contributed by atoms with Crippen LogP contribution in [-0.4, -0.2) is 130 Å². The largest absolute Gasteiger partial charge is 0.369 e. The van der Waals surface area contributed by atoms with Crippen molar-refractivity contribution >= 4 is 104 Å². The maximum Gasteiger partial charge on any atom is 0.224 e. The number of pyridine rings is 1. The van der Waals surface area contributed by atoms with Crippen molar-refractivity contribution in [2.45, 2.75) is 64.7 Å². The summed E-state index contributed by atoms with van der Waals surface area (Å²) in [5, 5.41) is 14.5. The molecule has 0 saturated heterocycles. The van der Waals surface area contributed by atoms with E-state index in [1.165, 1.54) is 45.2 Å². The summed E-state index contributed by atoms with van der Waals surface area (Å²) in [6, 6.07) is 18.1. The third-order valence-corrected chi connectivity index (χ3v) is 15.3. The second-order valence-corrected chi connectivity index (χ2v) is 21.6. The molecule has 4 aliphatic rings. The number of anilines is 2. The fourth-order valence-electron chi connectivity index (χ4n) is 10.1. The summed E-state index contributed by atoms with van der Waals surface area (Å²) in [4.78, 5) is 51.6. The Balaban J connectivity index is 0.000000137. The van der Waals surface area contributed by atoms with Crippen LogP contribution < -0.4 is 16.0 Å². The van der Waals surface area contributed by atoms with Crippen LogP contribution in [0.15, 0.2) is 79.4 Å². The van der Waals surface area contributed by atoms with Crippen LogP contribution in [-0.2, 0) is 64.7 Å². The molecule has 24 heteroatoms. The maximum atomic E-state index is 13.7. The van der Waals surface area contributed by atoms with Gasteiger partial charge in [-0.05, 0) is 130 Å². The molecule has 0 fully saturated rings. The molecule has 5 N–H and O–H groups in total. The van der Waals surface area contributed by atoms with Crippen LogP contribution in [0, 0.1) is 5.82 Å². The Bertz CT molecular complexity index is 3600. The number of para-hydroxylation sites is 2. The summed E-state index contributed by atoms with van der Waals surface area (Å²) in [6.07, 6.45) is 12.4. The number of aromatic nitrogens is 11. The Morgan fingerprint density at radius 3 is 1.59 bits per heavy atom. The molecule has 0 bridgehead atoms. The first-order chi connectivity index (χ1) is 38.3. The molecule has 9 aromatic rings. The number of halogens is 7. The molecule has 0 radical (unpaired) electrons. The number of aromatic amines is 2. The zero-order valence-electron chi connectivity index (χ0n) is 44.4. The summed E-state index contributed by atoms with van der Waals surface area (Å²) in [7, 11) is 6.23. The van der Waals surface area contributed by atoms with Gasteiger partial charge in [0.05, 0.1) is 29.0 Å². The standard InChI is InChI=1S/C23H23FN6.C18H20ClN5.C8H9Cl2N3.C7H7Cl2N3.ClH/c1-30-9-7-19-21(14-30)28-22(16-10-17(24)13-25-11-16)29-23(19)26-8-6-15-12-27-20-5-3-2-4-18(15)20;1-24-9-7-14-16(11-24)22-18(19)23-17(14)20-8-6-12-10-21-15-5-3-2-4-13(12)15;1-13-3-2-5-6(4-13)11-8(10)12-7(5)9;8-6-4-1-2-10-3-5(4)11-7(9)12-6;/h2-5,10-13,27H,6-9,14H2,1H3,(H,26,28,29);2-5,10,21H,6-9,11H2,1H3,(H,20,22,23);2-4H2,1H3;10H,1-3H2;1H. The lowest BCUT2D eigenvalue weighted by atomic mass is 10.0. The van der Waals surface area contributed by atoms with Gasteiger partial charge in [-0.3, -0.25) is 4.98 Å². The molecule has 17 nitrogen and oxygen atoms in total. The van der Waals surface area contributed by atoms with E-state index < -0.39 is 0 Å². The minimum absolute atomic E-state index is 0. The van der Waals surface area contributed by atoms with E-state index in [-0.39, 0.29) is 28.8 Å². The number of benzene rings is 2. The molecule has 0 unspecified atom stereocenters. The van der Waals surface area contributed by atoms with E-state index in [2.05, 4.69) is 138 Å². The average Bonchev–Trinajstić information content (AvgIpc) is 4.06. The predicted octanol–water partition coefficient (Wildman–Crippen LogP) is 10.7. The Morgan fingerprint density at radius 1 is 0.550 bits per heavy atom. The lowest BCUT2D eigenvalue weighted by molar-refractivity contribution is 0.307. The molecule has 0 spiro atoms. The Kier molecular flexibility index (Phi) is 20.0. The number of hydrogen-bond acceptors (Lipinski definition) is 15. The van der Waals surface area contributed by atoms with Gasteiger partial charge in [-0.15, -0.1) is 12.4 Å². The fourth-order valence-corrected chi connectivity index (χ4v) is 11.3. The van der Waals surface area contributed by atoms with Crippen molar-refractivity contribution in [3.63, 3.8) is 0 Å². The summed E-state index contributed by atoms with van der Waals surface area (Å²) in [5.74, 6) is 1.84. The highest BCUT2D eigenvalue weighted by atomic mass is 35.5. The second kappa shape index (κ2) is 27.2. The molecule has 11 heterocycles. The van der Waals surface area contributed by atoms with Crippen molar-refractivity contribution in [3.05, 3.63) is 168 Å². The molecule has 13 rings (SSSR count). The summed E-state index contributed by atoms with van der Waals surface area (Å²) in [6.45, 7) is 8.60. The molecule has 418 valence electrons. The number of nitrogens with one attached hydrogen (secondary N) is 5. The Hall–Kier alpha value is -5.90. The van der Waals surface area contributed by atoms with E-state index in [1.807, 2.05) is 19.2 Å². The lowest BCUT2D eigenvalue weighted by Crippen LogP contribution is -2.29. The summed E-state index contributed by atoms with van der Waals surface area (Å²) in [5.41, 5.74) is 13.8. The van der Waals surface area contributed by atoms with Crippen LogP contribution in [0.3, 0.4) is 0 Å². The first-order valence-corrected chi connectivity index (χ1v) is 28.0. The number of H-pyrrole nitrogens is 2. The molecule has 0 saturated carbocycles. The van der Waals surface area contributed by atoms with Crippen LogP contribution in [0.25, 0.3) is 33.2 Å². The predicted molar refractivity (Wildman–Crippen MR) is 320 cm³/mol. The lowest BCUT2D eigenvalue weighted by Gasteiger charge is -2.26.